The molecule has 2 heterocycles. The summed E-state index contributed by atoms with van der Waals surface area (Å²) in [5, 5.41) is 9.19. The van der Waals surface area contributed by atoms with Crippen molar-refractivity contribution in [3.8, 4) is 11.5 Å². The number of carboxylic acids is 1. The van der Waals surface area contributed by atoms with Crippen molar-refractivity contribution in [2.45, 2.75) is 17.4 Å². The van der Waals surface area contributed by atoms with Crippen LogP contribution in [0.5, 0.6) is 11.5 Å². The largest absolute Gasteiger partial charge is 0.480 e. The number of fused-ring (bicyclic) bond motifs is 1. The van der Waals surface area contributed by atoms with Crippen molar-refractivity contribution in [3.05, 3.63) is 30.4 Å². The summed E-state index contributed by atoms with van der Waals surface area (Å²) in [6, 6.07) is 3.16. The SMILES string of the molecule is O=C(O)C1CC=CCN1S(=O)(=O)c1ccc2c(c1)OCO2. The summed E-state index contributed by atoms with van der Waals surface area (Å²) in [6.45, 7) is 0.0801. The van der Waals surface area contributed by atoms with Crippen molar-refractivity contribution in [1.82, 2.24) is 4.31 Å². The molecular weight excluding hydrogens is 298 g/mol. The maximum absolute atomic E-state index is 12.6. The summed E-state index contributed by atoms with van der Waals surface area (Å²) in [6.07, 6.45) is 3.47. The first kappa shape index (κ1) is 13.9. The maximum atomic E-state index is 12.6. The Morgan fingerprint density at radius 2 is 2.00 bits per heavy atom. The number of ether oxygens (including phenoxy) is 2. The van der Waals surface area contributed by atoms with Crippen molar-refractivity contribution < 1.29 is 27.8 Å². The fourth-order valence-corrected chi connectivity index (χ4v) is 3.87. The second-order valence-electron chi connectivity index (χ2n) is 4.65. The lowest BCUT2D eigenvalue weighted by atomic mass is 10.1. The van der Waals surface area contributed by atoms with Gasteiger partial charge in [0.1, 0.15) is 6.04 Å². The van der Waals surface area contributed by atoms with Gasteiger partial charge < -0.3 is 14.6 Å². The van der Waals surface area contributed by atoms with E-state index in [1.165, 1.54) is 18.2 Å². The summed E-state index contributed by atoms with van der Waals surface area (Å²) in [4.78, 5) is 11.2. The normalized spacial score (nSPS) is 21.4. The standard InChI is InChI=1S/C13H13NO6S/c15-13(16)10-3-1-2-6-14(10)21(17,18)9-4-5-11-12(7-9)20-8-19-11/h1-2,4-5,7,10H,3,6,8H2,(H,15,16). The average molecular weight is 311 g/mol. The van der Waals surface area contributed by atoms with E-state index in [9.17, 15) is 18.3 Å². The Bertz CT molecular complexity index is 711. The number of aliphatic carboxylic acids is 1. The molecule has 0 spiro atoms. The van der Waals surface area contributed by atoms with E-state index >= 15 is 0 Å². The van der Waals surface area contributed by atoms with Crippen molar-refractivity contribution in [2.24, 2.45) is 0 Å². The van der Waals surface area contributed by atoms with Crippen molar-refractivity contribution in [1.29, 1.82) is 0 Å². The Balaban J connectivity index is 1.99. The molecule has 2 aliphatic rings. The second-order valence-corrected chi connectivity index (χ2v) is 6.54. The fourth-order valence-electron chi connectivity index (χ4n) is 2.31. The first-order valence-corrected chi connectivity index (χ1v) is 7.73. The highest BCUT2D eigenvalue weighted by molar-refractivity contribution is 7.89. The molecule has 1 aromatic rings. The predicted octanol–water partition coefficient (Wildman–Crippen LogP) is 0.819. The molecule has 1 atom stereocenters. The van der Waals surface area contributed by atoms with Crippen LogP contribution in [0.25, 0.3) is 0 Å². The number of carboxylic acid groups (broad SMARTS) is 1. The lowest BCUT2D eigenvalue weighted by molar-refractivity contribution is -0.141. The first-order chi connectivity index (χ1) is 10.00. The maximum Gasteiger partial charge on any atom is 0.322 e. The highest BCUT2D eigenvalue weighted by Crippen LogP contribution is 2.35. The zero-order valence-corrected chi connectivity index (χ0v) is 11.7. The fraction of sp³-hybridized carbons (Fsp3) is 0.308. The van der Waals surface area contributed by atoms with Crippen LogP contribution in [-0.4, -0.2) is 43.2 Å². The molecule has 0 radical (unpaired) electrons. The minimum absolute atomic E-state index is 0.00620. The van der Waals surface area contributed by atoms with Crippen LogP contribution < -0.4 is 9.47 Å². The van der Waals surface area contributed by atoms with Crippen LogP contribution >= 0.6 is 0 Å². The molecule has 0 amide bonds. The molecule has 112 valence electrons. The molecule has 1 aromatic carbocycles. The molecule has 8 heteroatoms. The Hall–Kier alpha value is -2.06. The summed E-state index contributed by atoms with van der Waals surface area (Å²) in [7, 11) is -3.91. The number of hydrogen-bond acceptors (Lipinski definition) is 5. The summed E-state index contributed by atoms with van der Waals surface area (Å²) in [5.74, 6) is -0.346. The topological polar surface area (TPSA) is 93.1 Å². The van der Waals surface area contributed by atoms with Gasteiger partial charge in [0.25, 0.3) is 0 Å². The zero-order chi connectivity index (χ0) is 15.0. The molecule has 0 saturated carbocycles. The molecule has 0 bridgehead atoms. The molecule has 2 aliphatic heterocycles. The molecule has 7 nitrogen and oxygen atoms in total. The van der Waals surface area contributed by atoms with Gasteiger partial charge in [-0.1, -0.05) is 12.2 Å². The van der Waals surface area contributed by atoms with Crippen molar-refractivity contribution in [2.75, 3.05) is 13.3 Å². The number of benzene rings is 1. The molecule has 1 N–H and O–H groups in total. The van der Waals surface area contributed by atoms with Gasteiger partial charge in [-0.2, -0.15) is 4.31 Å². The van der Waals surface area contributed by atoms with Crippen LogP contribution in [-0.2, 0) is 14.8 Å². The Kier molecular flexibility index (Phi) is 3.34. The third-order valence-corrected chi connectivity index (χ3v) is 5.27. The lowest BCUT2D eigenvalue weighted by Crippen LogP contribution is -2.46. The Labute approximate surface area is 121 Å². The predicted molar refractivity (Wildman–Crippen MR) is 71.6 cm³/mol. The van der Waals surface area contributed by atoms with E-state index in [2.05, 4.69) is 0 Å². The molecule has 3 rings (SSSR count). The van der Waals surface area contributed by atoms with Gasteiger partial charge in [0.2, 0.25) is 16.8 Å². The monoisotopic (exact) mass is 311 g/mol. The van der Waals surface area contributed by atoms with Crippen LogP contribution in [0.3, 0.4) is 0 Å². The smallest absolute Gasteiger partial charge is 0.322 e. The van der Waals surface area contributed by atoms with E-state index < -0.39 is 22.0 Å². The van der Waals surface area contributed by atoms with Crippen LogP contribution in [0.15, 0.2) is 35.2 Å². The molecule has 0 saturated heterocycles. The van der Waals surface area contributed by atoms with Crippen molar-refractivity contribution >= 4 is 16.0 Å². The van der Waals surface area contributed by atoms with E-state index in [4.69, 9.17) is 9.47 Å². The molecule has 0 aromatic heterocycles. The van der Waals surface area contributed by atoms with Crippen LogP contribution in [0, 0.1) is 0 Å². The van der Waals surface area contributed by atoms with Gasteiger partial charge in [-0.15, -0.1) is 0 Å². The van der Waals surface area contributed by atoms with Gasteiger partial charge in [0, 0.05) is 12.6 Å². The summed E-state index contributed by atoms with van der Waals surface area (Å²) in [5.41, 5.74) is 0. The van der Waals surface area contributed by atoms with Crippen LogP contribution in [0.4, 0.5) is 0 Å². The van der Waals surface area contributed by atoms with Crippen LogP contribution in [0.2, 0.25) is 0 Å². The minimum Gasteiger partial charge on any atom is -0.480 e. The van der Waals surface area contributed by atoms with E-state index in [1.807, 2.05) is 0 Å². The van der Waals surface area contributed by atoms with Gasteiger partial charge in [-0.25, -0.2) is 8.42 Å². The van der Waals surface area contributed by atoms with Gasteiger partial charge in [-0.05, 0) is 18.6 Å². The Morgan fingerprint density at radius 1 is 1.24 bits per heavy atom. The lowest BCUT2D eigenvalue weighted by Gasteiger charge is -2.29. The van der Waals surface area contributed by atoms with E-state index in [0.29, 0.717) is 11.5 Å². The summed E-state index contributed by atoms with van der Waals surface area (Å²) < 4.78 is 36.5. The number of hydrogen-bond donors (Lipinski definition) is 1. The first-order valence-electron chi connectivity index (χ1n) is 6.29. The number of sulfonamides is 1. The van der Waals surface area contributed by atoms with Gasteiger partial charge >= 0.3 is 5.97 Å². The second kappa shape index (κ2) is 5.05. The average Bonchev–Trinajstić information content (AvgIpc) is 2.94. The van der Waals surface area contributed by atoms with E-state index in [0.717, 1.165) is 4.31 Å². The van der Waals surface area contributed by atoms with E-state index in [1.54, 1.807) is 12.2 Å². The number of carbonyl (C=O) groups is 1. The third kappa shape index (κ3) is 2.36. The van der Waals surface area contributed by atoms with E-state index in [-0.39, 0.29) is 24.7 Å². The zero-order valence-electron chi connectivity index (χ0n) is 10.9. The number of nitrogens with zero attached hydrogens (tertiary/aromatic N) is 1. The highest BCUT2D eigenvalue weighted by atomic mass is 32.2. The van der Waals surface area contributed by atoms with Crippen molar-refractivity contribution in [3.63, 3.8) is 0 Å². The molecule has 21 heavy (non-hydrogen) atoms. The summed E-state index contributed by atoms with van der Waals surface area (Å²) >= 11 is 0. The third-order valence-electron chi connectivity index (χ3n) is 3.39. The molecular formula is C13H13NO6S. The quantitative estimate of drug-likeness (QED) is 0.831. The Morgan fingerprint density at radius 3 is 2.76 bits per heavy atom. The molecule has 0 aliphatic carbocycles. The van der Waals surface area contributed by atoms with Gasteiger partial charge in [0.15, 0.2) is 11.5 Å². The van der Waals surface area contributed by atoms with Gasteiger partial charge in [-0.3, -0.25) is 4.79 Å². The molecule has 1 unspecified atom stereocenters. The highest BCUT2D eigenvalue weighted by Gasteiger charge is 2.36. The minimum atomic E-state index is -3.91. The van der Waals surface area contributed by atoms with Crippen LogP contribution in [0.1, 0.15) is 6.42 Å². The molecule has 0 fully saturated rings. The van der Waals surface area contributed by atoms with Gasteiger partial charge in [0.05, 0.1) is 4.90 Å². The number of rotatable bonds is 3.